The van der Waals surface area contributed by atoms with Crippen molar-refractivity contribution in [3.8, 4) is 0 Å². The van der Waals surface area contributed by atoms with Gasteiger partial charge in [-0.25, -0.2) is 0 Å². The van der Waals surface area contributed by atoms with Gasteiger partial charge in [0, 0.05) is 37.1 Å². The van der Waals surface area contributed by atoms with E-state index in [2.05, 4.69) is 18.8 Å². The summed E-state index contributed by atoms with van der Waals surface area (Å²) in [5, 5.41) is 0. The Morgan fingerprint density at radius 3 is 2.72 bits per heavy atom. The summed E-state index contributed by atoms with van der Waals surface area (Å²) in [5.41, 5.74) is 7.52. The largest absolute Gasteiger partial charge is 0.342 e. The number of aromatic nitrogens is 1. The number of aryl methyl sites for hydroxylation is 1. The van der Waals surface area contributed by atoms with Gasteiger partial charge < -0.3 is 10.6 Å². The van der Waals surface area contributed by atoms with Crippen LogP contribution in [0.4, 0.5) is 0 Å². The fourth-order valence-corrected chi connectivity index (χ4v) is 1.68. The summed E-state index contributed by atoms with van der Waals surface area (Å²) in [7, 11) is 1.81. The van der Waals surface area contributed by atoms with E-state index in [-0.39, 0.29) is 11.9 Å². The first-order chi connectivity index (χ1) is 8.41. The Kier molecular flexibility index (Phi) is 5.28. The second kappa shape index (κ2) is 6.50. The third-order valence-electron chi connectivity index (χ3n) is 3.14. The van der Waals surface area contributed by atoms with Crippen molar-refractivity contribution < 1.29 is 4.79 Å². The molecule has 1 aromatic rings. The maximum absolute atomic E-state index is 12.1. The molecule has 1 heterocycles. The van der Waals surface area contributed by atoms with Crippen molar-refractivity contribution in [2.75, 3.05) is 13.6 Å². The van der Waals surface area contributed by atoms with E-state index in [1.54, 1.807) is 23.2 Å². The minimum atomic E-state index is 0.0245. The average molecular weight is 249 g/mol. The van der Waals surface area contributed by atoms with Crippen LogP contribution >= 0.6 is 0 Å². The second-order valence-electron chi connectivity index (χ2n) is 5.11. The number of nitrogens with zero attached hydrogens (tertiary/aromatic N) is 2. The lowest BCUT2D eigenvalue weighted by Crippen LogP contribution is -2.34. The van der Waals surface area contributed by atoms with E-state index in [0.717, 1.165) is 12.1 Å². The first-order valence-electron chi connectivity index (χ1n) is 6.35. The van der Waals surface area contributed by atoms with E-state index < -0.39 is 0 Å². The van der Waals surface area contributed by atoms with Crippen LogP contribution in [0.1, 0.15) is 36.3 Å². The fraction of sp³-hybridized carbons (Fsp3) is 0.571. The average Bonchev–Trinajstić information content (AvgIpc) is 2.34. The van der Waals surface area contributed by atoms with E-state index in [0.29, 0.717) is 18.0 Å². The first-order valence-corrected chi connectivity index (χ1v) is 6.35. The van der Waals surface area contributed by atoms with Gasteiger partial charge in [0.15, 0.2) is 0 Å². The van der Waals surface area contributed by atoms with Gasteiger partial charge in [0.25, 0.3) is 5.91 Å². The summed E-state index contributed by atoms with van der Waals surface area (Å²) in [4.78, 5) is 17.9. The monoisotopic (exact) mass is 249 g/mol. The number of rotatable bonds is 5. The van der Waals surface area contributed by atoms with Crippen molar-refractivity contribution >= 4 is 5.91 Å². The molecule has 1 atom stereocenters. The van der Waals surface area contributed by atoms with Crippen LogP contribution in [0.25, 0.3) is 0 Å². The molecule has 0 aliphatic rings. The van der Waals surface area contributed by atoms with Crippen LogP contribution in [0, 0.1) is 12.8 Å². The van der Waals surface area contributed by atoms with Crippen LogP contribution in [-0.2, 0) is 0 Å². The fourth-order valence-electron chi connectivity index (χ4n) is 1.68. The molecule has 0 fully saturated rings. The summed E-state index contributed by atoms with van der Waals surface area (Å²) in [6.45, 7) is 6.75. The Balaban J connectivity index is 2.57. The molecule has 0 saturated heterocycles. The van der Waals surface area contributed by atoms with Crippen molar-refractivity contribution in [2.24, 2.45) is 11.7 Å². The zero-order valence-corrected chi connectivity index (χ0v) is 11.7. The highest BCUT2D eigenvalue weighted by Gasteiger charge is 2.14. The van der Waals surface area contributed by atoms with Crippen molar-refractivity contribution in [3.05, 3.63) is 29.6 Å². The number of pyridine rings is 1. The van der Waals surface area contributed by atoms with Crippen molar-refractivity contribution in [3.63, 3.8) is 0 Å². The van der Waals surface area contributed by atoms with E-state index in [1.807, 2.05) is 14.0 Å². The zero-order valence-electron chi connectivity index (χ0n) is 11.7. The highest BCUT2D eigenvalue weighted by molar-refractivity contribution is 5.94. The minimum absolute atomic E-state index is 0.0245. The van der Waals surface area contributed by atoms with Crippen LogP contribution in [0.2, 0.25) is 0 Å². The first kappa shape index (κ1) is 14.6. The number of nitrogens with two attached hydrogens (primary N) is 1. The summed E-state index contributed by atoms with van der Waals surface area (Å²) >= 11 is 0. The summed E-state index contributed by atoms with van der Waals surface area (Å²) in [6, 6.07) is 3.69. The van der Waals surface area contributed by atoms with Gasteiger partial charge in [-0.1, -0.05) is 13.8 Å². The predicted octanol–water partition coefficient (Wildman–Crippen LogP) is 1.84. The smallest absolute Gasteiger partial charge is 0.253 e. The quantitative estimate of drug-likeness (QED) is 0.866. The van der Waals surface area contributed by atoms with E-state index in [9.17, 15) is 4.79 Å². The standard InChI is InChI=1S/C14H23N3O/c1-10(2)13(15)6-8-17(4)14(18)12-5-7-16-11(3)9-12/h5,7,9-10,13H,6,8,15H2,1-4H3. The molecule has 2 N–H and O–H groups in total. The third kappa shape index (κ3) is 4.11. The molecule has 0 bridgehead atoms. The van der Waals surface area contributed by atoms with Crippen molar-refractivity contribution in [1.82, 2.24) is 9.88 Å². The summed E-state index contributed by atoms with van der Waals surface area (Å²) < 4.78 is 0. The maximum Gasteiger partial charge on any atom is 0.253 e. The molecule has 0 aliphatic heterocycles. The molecule has 18 heavy (non-hydrogen) atoms. The Morgan fingerprint density at radius 2 is 2.17 bits per heavy atom. The molecule has 1 amide bonds. The lowest BCUT2D eigenvalue weighted by atomic mass is 10.0. The second-order valence-corrected chi connectivity index (χ2v) is 5.11. The predicted molar refractivity (Wildman–Crippen MR) is 73.4 cm³/mol. The molecule has 0 radical (unpaired) electrons. The molecule has 4 nitrogen and oxygen atoms in total. The molecule has 1 unspecified atom stereocenters. The van der Waals surface area contributed by atoms with Crippen LogP contribution in [-0.4, -0.2) is 35.4 Å². The lowest BCUT2D eigenvalue weighted by molar-refractivity contribution is 0.0789. The number of hydrogen-bond donors (Lipinski definition) is 1. The summed E-state index contributed by atoms with van der Waals surface area (Å²) in [6.07, 6.45) is 2.49. The van der Waals surface area contributed by atoms with Gasteiger partial charge in [0.2, 0.25) is 0 Å². The molecule has 0 aromatic carbocycles. The molecule has 1 aromatic heterocycles. The number of carbonyl (C=O) groups excluding carboxylic acids is 1. The van der Waals surface area contributed by atoms with E-state index >= 15 is 0 Å². The Hall–Kier alpha value is -1.42. The molecular formula is C14H23N3O. The van der Waals surface area contributed by atoms with E-state index in [1.165, 1.54) is 0 Å². The summed E-state index contributed by atoms with van der Waals surface area (Å²) in [5.74, 6) is 0.466. The van der Waals surface area contributed by atoms with Crippen molar-refractivity contribution in [1.29, 1.82) is 0 Å². The Labute approximate surface area is 109 Å². The highest BCUT2D eigenvalue weighted by Crippen LogP contribution is 2.07. The molecule has 1 rings (SSSR count). The molecule has 4 heteroatoms. The SMILES string of the molecule is Cc1cc(C(=O)N(C)CCC(N)C(C)C)ccn1. The van der Waals surface area contributed by atoms with Crippen LogP contribution < -0.4 is 5.73 Å². The lowest BCUT2D eigenvalue weighted by Gasteiger charge is -2.21. The van der Waals surface area contributed by atoms with Gasteiger partial charge in [-0.15, -0.1) is 0 Å². The van der Waals surface area contributed by atoms with Crippen LogP contribution in [0.3, 0.4) is 0 Å². The van der Waals surface area contributed by atoms with Crippen LogP contribution in [0.15, 0.2) is 18.3 Å². The minimum Gasteiger partial charge on any atom is -0.342 e. The molecular weight excluding hydrogens is 226 g/mol. The molecule has 0 aliphatic carbocycles. The van der Waals surface area contributed by atoms with Crippen LogP contribution in [0.5, 0.6) is 0 Å². The molecule has 0 saturated carbocycles. The Bertz CT molecular complexity index is 404. The highest BCUT2D eigenvalue weighted by atomic mass is 16.2. The topological polar surface area (TPSA) is 59.2 Å². The van der Waals surface area contributed by atoms with Gasteiger partial charge in [0.05, 0.1) is 0 Å². The van der Waals surface area contributed by atoms with E-state index in [4.69, 9.17) is 5.73 Å². The maximum atomic E-state index is 12.1. The normalized spacial score (nSPS) is 12.6. The van der Waals surface area contributed by atoms with Gasteiger partial charge in [-0.3, -0.25) is 9.78 Å². The number of carbonyl (C=O) groups is 1. The van der Waals surface area contributed by atoms with Gasteiger partial charge in [-0.05, 0) is 31.4 Å². The zero-order chi connectivity index (χ0) is 13.7. The molecule has 0 spiro atoms. The van der Waals surface area contributed by atoms with Gasteiger partial charge >= 0.3 is 0 Å². The van der Waals surface area contributed by atoms with Gasteiger partial charge in [0.1, 0.15) is 0 Å². The third-order valence-corrected chi connectivity index (χ3v) is 3.14. The number of amides is 1. The Morgan fingerprint density at radius 1 is 1.50 bits per heavy atom. The van der Waals surface area contributed by atoms with Gasteiger partial charge in [-0.2, -0.15) is 0 Å². The van der Waals surface area contributed by atoms with Crippen molar-refractivity contribution in [2.45, 2.75) is 33.2 Å². The molecule has 100 valence electrons. The number of hydrogen-bond acceptors (Lipinski definition) is 3.